The summed E-state index contributed by atoms with van der Waals surface area (Å²) in [5, 5.41) is 10.5. The number of carbonyl (C=O) groups is 2. The summed E-state index contributed by atoms with van der Waals surface area (Å²) < 4.78 is 5.69. The van der Waals surface area contributed by atoms with Gasteiger partial charge in [-0.3, -0.25) is 9.59 Å². The third-order valence-corrected chi connectivity index (χ3v) is 13.4. The minimum Gasteiger partial charge on any atom is -0.481 e. The molecule has 5 aliphatic carbocycles. The maximum Gasteiger partial charge on any atom is 0.313 e. The number of carbonyl (C=O) groups excluding carboxylic acids is 1. The van der Waals surface area contributed by atoms with E-state index >= 15 is 0 Å². The average molecular weight is 499 g/mol. The van der Waals surface area contributed by atoms with Gasteiger partial charge in [0, 0.05) is 6.92 Å². The van der Waals surface area contributed by atoms with Gasteiger partial charge in [-0.2, -0.15) is 0 Å². The molecule has 0 aromatic carbocycles. The third-order valence-electron chi connectivity index (χ3n) is 13.4. The summed E-state index contributed by atoms with van der Waals surface area (Å²) >= 11 is 0. The molecule has 0 aliphatic heterocycles. The molecule has 0 heterocycles. The average Bonchev–Trinajstić information content (AvgIpc) is 2.77. The van der Waals surface area contributed by atoms with E-state index in [1.54, 1.807) is 5.57 Å². The van der Waals surface area contributed by atoms with Crippen molar-refractivity contribution in [1.29, 1.82) is 0 Å². The van der Waals surface area contributed by atoms with Gasteiger partial charge in [-0.05, 0) is 116 Å². The number of carboxylic acids is 1. The number of rotatable bonds is 2. The summed E-state index contributed by atoms with van der Waals surface area (Å²) in [4.78, 5) is 24.8. The quantitative estimate of drug-likeness (QED) is 0.311. The molecule has 0 bridgehead atoms. The van der Waals surface area contributed by atoms with Crippen molar-refractivity contribution in [2.24, 2.45) is 50.2 Å². The van der Waals surface area contributed by atoms with Crippen LogP contribution in [0.25, 0.3) is 0 Å². The van der Waals surface area contributed by atoms with Gasteiger partial charge in [-0.15, -0.1) is 0 Å². The predicted octanol–water partition coefficient (Wildman–Crippen LogP) is 7.80. The molecule has 4 fully saturated rings. The van der Waals surface area contributed by atoms with Gasteiger partial charge in [0.1, 0.15) is 11.5 Å². The maximum atomic E-state index is 12.8. The highest BCUT2D eigenvalue weighted by atomic mass is 16.5. The lowest BCUT2D eigenvalue weighted by atomic mass is 9.33. The second kappa shape index (κ2) is 7.85. The van der Waals surface area contributed by atoms with Gasteiger partial charge in [0.2, 0.25) is 0 Å². The first-order valence-electron chi connectivity index (χ1n) is 14.6. The van der Waals surface area contributed by atoms with Crippen molar-refractivity contribution >= 4 is 11.9 Å². The summed E-state index contributed by atoms with van der Waals surface area (Å²) in [6.45, 7) is 18.3. The van der Waals surface area contributed by atoms with Crippen LogP contribution >= 0.6 is 0 Å². The lowest BCUT2D eigenvalue weighted by Crippen LogP contribution is -2.66. The molecule has 5 rings (SSSR count). The molecule has 0 saturated heterocycles. The molecule has 5 aliphatic rings. The minimum atomic E-state index is -1.04. The van der Waals surface area contributed by atoms with Crippen molar-refractivity contribution in [2.45, 2.75) is 126 Å². The largest absolute Gasteiger partial charge is 0.481 e. The number of allylic oxidation sites excluding steroid dienone is 2. The zero-order chi connectivity index (χ0) is 26.5. The fraction of sp³-hybridized carbons (Fsp3) is 0.875. The molecule has 0 radical (unpaired) electrons. The van der Waals surface area contributed by atoms with Gasteiger partial charge in [0.15, 0.2) is 0 Å². The molecular weight excluding hydrogens is 448 g/mol. The Morgan fingerprint density at radius 3 is 2.19 bits per heavy atom. The Balaban J connectivity index is 1.56. The maximum absolute atomic E-state index is 12.8. The van der Waals surface area contributed by atoms with Crippen molar-refractivity contribution in [3.63, 3.8) is 0 Å². The fourth-order valence-corrected chi connectivity index (χ4v) is 10.9. The van der Waals surface area contributed by atoms with Gasteiger partial charge in [0.05, 0.1) is 0 Å². The summed E-state index contributed by atoms with van der Waals surface area (Å²) in [5.74, 6) is -0.0260. The molecular formula is C32H50O4. The van der Waals surface area contributed by atoms with Crippen LogP contribution in [0.15, 0.2) is 11.6 Å². The lowest BCUT2D eigenvalue weighted by Gasteiger charge is -2.71. The summed E-state index contributed by atoms with van der Waals surface area (Å²) in [6.07, 6.45) is 13.3. The van der Waals surface area contributed by atoms with Gasteiger partial charge in [-0.1, -0.05) is 53.2 Å². The molecule has 0 aromatic rings. The number of fused-ring (bicyclic) bond motifs is 7. The van der Waals surface area contributed by atoms with E-state index in [0.29, 0.717) is 29.1 Å². The van der Waals surface area contributed by atoms with Crippen molar-refractivity contribution in [2.75, 3.05) is 0 Å². The molecule has 1 N–H and O–H groups in total. The minimum absolute atomic E-state index is 0.0136. The van der Waals surface area contributed by atoms with Crippen LogP contribution in [0.3, 0.4) is 0 Å². The highest BCUT2D eigenvalue weighted by Gasteiger charge is 2.70. The zero-order valence-corrected chi connectivity index (χ0v) is 24.1. The van der Waals surface area contributed by atoms with E-state index in [2.05, 4.69) is 47.6 Å². The first-order valence-corrected chi connectivity index (χ1v) is 14.6. The standard InChI is InChI=1S/C32H50O4/c1-20(33)36-25-12-13-29(5)23-10-9-21-22-19-27(2,3)15-16-28(22,4)17-18-30(21,6)31(23,7)14-11-24(29)32(25,8)26(34)35/h9,22-25H,10-19H2,1-8H3,(H,34,35)/t22-,23?,24?,25?,28?,29+,30-,31+,32+/m0/s1. The summed E-state index contributed by atoms with van der Waals surface area (Å²) in [7, 11) is 0. The number of carboxylic acid groups (broad SMARTS) is 1. The monoisotopic (exact) mass is 498 g/mol. The van der Waals surface area contributed by atoms with Crippen molar-refractivity contribution in [3.05, 3.63) is 11.6 Å². The van der Waals surface area contributed by atoms with Crippen LogP contribution in [0.4, 0.5) is 0 Å². The SMILES string of the molecule is CC(=O)OC1CC[C@@]2(C)C(CC[C@]3(C)C2CC=C2[C@@H]4CC(C)(C)CCC4(C)CC[C@@]23C)[C@@]1(C)C(=O)O. The molecule has 36 heavy (non-hydrogen) atoms. The normalized spacial score (nSPS) is 51.5. The van der Waals surface area contributed by atoms with Gasteiger partial charge in [0.25, 0.3) is 0 Å². The Kier molecular flexibility index (Phi) is 5.74. The smallest absolute Gasteiger partial charge is 0.313 e. The van der Waals surface area contributed by atoms with Crippen LogP contribution in [0.5, 0.6) is 0 Å². The van der Waals surface area contributed by atoms with Crippen molar-refractivity contribution < 1.29 is 19.4 Å². The number of ether oxygens (including phenoxy) is 1. The number of hydrogen-bond acceptors (Lipinski definition) is 3. The highest BCUT2D eigenvalue weighted by Crippen LogP contribution is 2.75. The van der Waals surface area contributed by atoms with E-state index in [-0.39, 0.29) is 28.1 Å². The van der Waals surface area contributed by atoms with E-state index in [1.807, 2.05) is 6.92 Å². The van der Waals surface area contributed by atoms with Crippen molar-refractivity contribution in [1.82, 2.24) is 0 Å². The van der Waals surface area contributed by atoms with Gasteiger partial charge in [-0.25, -0.2) is 0 Å². The Hall–Kier alpha value is -1.32. The summed E-state index contributed by atoms with van der Waals surface area (Å²) in [5.41, 5.74) is 1.81. The Labute approximate surface area is 219 Å². The zero-order valence-electron chi connectivity index (χ0n) is 24.1. The molecule has 4 heteroatoms. The molecule has 4 saturated carbocycles. The number of aliphatic carboxylic acids is 1. The van der Waals surface area contributed by atoms with Crippen LogP contribution in [0.1, 0.15) is 120 Å². The van der Waals surface area contributed by atoms with Gasteiger partial charge >= 0.3 is 11.9 Å². The number of hydrogen-bond donors (Lipinski definition) is 1. The van der Waals surface area contributed by atoms with E-state index in [1.165, 1.54) is 39.0 Å². The summed E-state index contributed by atoms with van der Waals surface area (Å²) in [6, 6.07) is 0. The first kappa shape index (κ1) is 26.3. The Bertz CT molecular complexity index is 996. The molecule has 202 valence electrons. The number of esters is 1. The van der Waals surface area contributed by atoms with Crippen LogP contribution in [0, 0.1) is 50.2 Å². The Morgan fingerprint density at radius 2 is 1.56 bits per heavy atom. The van der Waals surface area contributed by atoms with Crippen LogP contribution < -0.4 is 0 Å². The van der Waals surface area contributed by atoms with E-state index in [9.17, 15) is 14.7 Å². The lowest BCUT2D eigenvalue weighted by molar-refractivity contribution is -0.222. The van der Waals surface area contributed by atoms with Gasteiger partial charge < -0.3 is 9.84 Å². The van der Waals surface area contributed by atoms with E-state index in [0.717, 1.165) is 25.7 Å². The fourth-order valence-electron chi connectivity index (χ4n) is 10.9. The third kappa shape index (κ3) is 3.30. The van der Waals surface area contributed by atoms with E-state index in [4.69, 9.17) is 4.74 Å². The van der Waals surface area contributed by atoms with E-state index < -0.39 is 17.5 Å². The van der Waals surface area contributed by atoms with Crippen molar-refractivity contribution in [3.8, 4) is 0 Å². The molecule has 4 nitrogen and oxygen atoms in total. The highest BCUT2D eigenvalue weighted by molar-refractivity contribution is 5.77. The molecule has 0 spiro atoms. The predicted molar refractivity (Wildman–Crippen MR) is 142 cm³/mol. The second-order valence-corrected chi connectivity index (χ2v) is 15.6. The van der Waals surface area contributed by atoms with Crippen LogP contribution in [0.2, 0.25) is 0 Å². The second-order valence-electron chi connectivity index (χ2n) is 15.6. The molecule has 0 aromatic heterocycles. The topological polar surface area (TPSA) is 63.6 Å². The molecule has 9 atom stereocenters. The van der Waals surface area contributed by atoms with Crippen LogP contribution in [-0.4, -0.2) is 23.1 Å². The first-order chi connectivity index (χ1) is 16.5. The Morgan fingerprint density at radius 1 is 0.889 bits per heavy atom. The molecule has 0 amide bonds. The molecule has 4 unspecified atom stereocenters. The van der Waals surface area contributed by atoms with Crippen LogP contribution in [-0.2, 0) is 14.3 Å².